The lowest BCUT2D eigenvalue weighted by Crippen LogP contribution is -2.06. The summed E-state index contributed by atoms with van der Waals surface area (Å²) in [6.07, 6.45) is 0. The zero-order chi connectivity index (χ0) is 33.7. The molecule has 0 amide bonds. The van der Waals surface area contributed by atoms with Crippen LogP contribution in [-0.2, 0) is 0 Å². The van der Waals surface area contributed by atoms with Crippen LogP contribution < -0.4 is 0 Å². The minimum Gasteiger partial charge on any atom is -0.308 e. The van der Waals surface area contributed by atoms with Crippen LogP contribution in [0.5, 0.6) is 0 Å². The quantitative estimate of drug-likeness (QED) is 0.182. The Labute approximate surface area is 299 Å². The highest BCUT2D eigenvalue weighted by molar-refractivity contribution is 7.26. The largest absolute Gasteiger partial charge is 0.308 e. The van der Waals surface area contributed by atoms with Crippen molar-refractivity contribution in [1.29, 1.82) is 0 Å². The smallest absolute Gasteiger partial charge is 0.237 e. The van der Waals surface area contributed by atoms with Gasteiger partial charge in [0.15, 0.2) is 5.82 Å². The van der Waals surface area contributed by atoms with Gasteiger partial charge in [0, 0.05) is 53.2 Å². The summed E-state index contributed by atoms with van der Waals surface area (Å²) in [6, 6.07) is 54.8. The molecule has 0 spiro atoms. The second kappa shape index (κ2) is 9.51. The van der Waals surface area contributed by atoms with Crippen LogP contribution in [-0.4, -0.2) is 23.5 Å². The van der Waals surface area contributed by atoms with Crippen LogP contribution in [0.1, 0.15) is 0 Å². The lowest BCUT2D eigenvalue weighted by Gasteiger charge is -2.12. The third kappa shape index (κ3) is 3.20. The van der Waals surface area contributed by atoms with Gasteiger partial charge in [0.05, 0.1) is 48.8 Å². The van der Waals surface area contributed by atoms with Crippen LogP contribution in [0.4, 0.5) is 0 Å². The Kier molecular flexibility index (Phi) is 4.94. The Balaban J connectivity index is 1.27. The van der Waals surface area contributed by atoms with Gasteiger partial charge in [-0.05, 0) is 42.5 Å². The maximum Gasteiger partial charge on any atom is 0.237 e. The fraction of sp³-hybridized carbons (Fsp3) is 0. The van der Waals surface area contributed by atoms with Gasteiger partial charge in [0.2, 0.25) is 5.95 Å². The van der Waals surface area contributed by atoms with Gasteiger partial charge in [-0.15, -0.1) is 11.3 Å². The number of fused-ring (bicyclic) bond motifs is 16. The lowest BCUT2D eigenvalue weighted by atomic mass is 10.0. The molecular weight excluding hydrogens is 655 g/mol. The van der Waals surface area contributed by atoms with Crippen molar-refractivity contribution in [2.45, 2.75) is 0 Å². The number of rotatable bonds is 2. The summed E-state index contributed by atoms with van der Waals surface area (Å²) in [5.74, 6) is 1.57. The number of aromatic nitrogens is 5. The van der Waals surface area contributed by atoms with Gasteiger partial charge in [0.1, 0.15) is 0 Å². The highest BCUT2D eigenvalue weighted by Gasteiger charge is 2.26. The maximum absolute atomic E-state index is 5.64. The molecule has 5 nitrogen and oxygen atoms in total. The summed E-state index contributed by atoms with van der Waals surface area (Å²) in [5.41, 5.74) is 9.18. The average Bonchev–Trinajstić information content (AvgIpc) is 3.99. The van der Waals surface area contributed by atoms with Crippen LogP contribution in [0.25, 0.3) is 114 Å². The molecule has 0 N–H and O–H groups in total. The van der Waals surface area contributed by atoms with Crippen LogP contribution in [0.2, 0.25) is 0 Å². The summed E-state index contributed by atoms with van der Waals surface area (Å²) in [7, 11) is 0. The summed E-state index contributed by atoms with van der Waals surface area (Å²) < 4.78 is 9.41. The molecule has 0 saturated heterocycles. The van der Waals surface area contributed by atoms with E-state index in [2.05, 4.69) is 165 Å². The van der Waals surface area contributed by atoms with Gasteiger partial charge in [-0.25, -0.2) is 4.98 Å². The number of thiophene rings is 1. The number of hydrogen-bond donors (Lipinski definition) is 0. The Bertz CT molecular complexity index is 3600. The summed E-state index contributed by atoms with van der Waals surface area (Å²) >= 11 is 1.77. The average molecular weight is 680 g/mol. The summed E-state index contributed by atoms with van der Waals surface area (Å²) in [5, 5.41) is 11.1. The predicted molar refractivity (Wildman–Crippen MR) is 218 cm³/mol. The van der Waals surface area contributed by atoms with E-state index >= 15 is 0 Å². The van der Waals surface area contributed by atoms with Crippen molar-refractivity contribution < 1.29 is 0 Å². The Morgan fingerprint density at radius 2 is 0.904 bits per heavy atom. The minimum absolute atomic E-state index is 0.668. The number of hydrogen-bond acceptors (Lipinski definition) is 3. The van der Waals surface area contributed by atoms with E-state index in [1.165, 1.54) is 64.3 Å². The third-order valence-electron chi connectivity index (χ3n) is 11.2. The summed E-state index contributed by atoms with van der Waals surface area (Å²) in [6.45, 7) is 0. The van der Waals surface area contributed by atoms with E-state index in [-0.39, 0.29) is 0 Å². The second-order valence-electron chi connectivity index (χ2n) is 13.8. The molecule has 240 valence electrons. The SMILES string of the molecule is c1ccc2c(c1)sc1c(-n3c4ccccc4c4c5c6ccccc6n6c7ccccc7c(cc43)c56)nc(-n3c4ccccc4c4ccccc43)nc12. The molecule has 6 aromatic heterocycles. The van der Waals surface area contributed by atoms with Gasteiger partial charge in [-0.3, -0.25) is 9.13 Å². The predicted octanol–water partition coefficient (Wildman–Crippen LogP) is 12.2. The van der Waals surface area contributed by atoms with Gasteiger partial charge in [-0.1, -0.05) is 109 Å². The molecule has 0 aliphatic heterocycles. The minimum atomic E-state index is 0.668. The molecule has 0 saturated carbocycles. The third-order valence-corrected chi connectivity index (χ3v) is 12.3. The van der Waals surface area contributed by atoms with E-state index in [0.29, 0.717) is 5.95 Å². The Morgan fingerprint density at radius 1 is 0.404 bits per heavy atom. The number of benzene rings is 7. The zero-order valence-electron chi connectivity index (χ0n) is 27.6. The van der Waals surface area contributed by atoms with Gasteiger partial charge in [0.25, 0.3) is 0 Å². The zero-order valence-corrected chi connectivity index (χ0v) is 28.4. The number of para-hydroxylation sites is 5. The van der Waals surface area contributed by atoms with E-state index in [1.54, 1.807) is 11.3 Å². The fourth-order valence-electron chi connectivity index (χ4n) is 9.15. The molecule has 0 bridgehead atoms. The van der Waals surface area contributed by atoms with Gasteiger partial charge in [-0.2, -0.15) is 4.98 Å². The molecular formula is C46H25N5S. The molecule has 6 heterocycles. The monoisotopic (exact) mass is 679 g/mol. The first-order valence-corrected chi connectivity index (χ1v) is 18.4. The molecule has 0 radical (unpaired) electrons. The van der Waals surface area contributed by atoms with E-state index in [4.69, 9.17) is 9.97 Å². The van der Waals surface area contributed by atoms with Crippen molar-refractivity contribution in [2.24, 2.45) is 0 Å². The number of nitrogens with zero attached hydrogens (tertiary/aromatic N) is 5. The van der Waals surface area contributed by atoms with Crippen molar-refractivity contribution in [3.63, 3.8) is 0 Å². The molecule has 0 aliphatic carbocycles. The maximum atomic E-state index is 5.64. The van der Waals surface area contributed by atoms with E-state index in [9.17, 15) is 0 Å². The first-order chi connectivity index (χ1) is 25.8. The highest BCUT2D eigenvalue weighted by Crippen LogP contribution is 2.48. The normalized spacial score (nSPS) is 12.6. The van der Waals surface area contributed by atoms with E-state index in [0.717, 1.165) is 43.5 Å². The molecule has 0 unspecified atom stereocenters. The first-order valence-electron chi connectivity index (χ1n) is 17.6. The van der Waals surface area contributed by atoms with Crippen molar-refractivity contribution in [2.75, 3.05) is 0 Å². The van der Waals surface area contributed by atoms with Crippen LogP contribution >= 0.6 is 11.3 Å². The van der Waals surface area contributed by atoms with Crippen molar-refractivity contribution in [1.82, 2.24) is 23.5 Å². The molecule has 52 heavy (non-hydrogen) atoms. The highest BCUT2D eigenvalue weighted by atomic mass is 32.1. The topological polar surface area (TPSA) is 40.0 Å². The summed E-state index contributed by atoms with van der Waals surface area (Å²) in [4.78, 5) is 11.1. The van der Waals surface area contributed by atoms with Crippen LogP contribution in [0.15, 0.2) is 152 Å². The van der Waals surface area contributed by atoms with Crippen molar-refractivity contribution >= 4 is 113 Å². The molecule has 0 fully saturated rings. The fourth-order valence-corrected chi connectivity index (χ4v) is 10.3. The Hall–Kier alpha value is -6.76. The van der Waals surface area contributed by atoms with Crippen molar-refractivity contribution in [3.05, 3.63) is 152 Å². The van der Waals surface area contributed by atoms with Crippen LogP contribution in [0.3, 0.4) is 0 Å². The standard InChI is InChI=1S/C46H25N5S/c1-8-20-34-26(13-1)27-14-2-9-21-35(27)51(34)46-47-42-31-18-6-12-24-39(31)52-44(42)45(48-46)50-37-23-11-4-16-29(37)40-38(50)25-32-28-15-3-7-19-33(28)49-36-22-10-5-17-30(36)41(40)43(32)49/h1-25H. The molecule has 7 aromatic carbocycles. The molecule has 13 aromatic rings. The molecule has 13 rings (SSSR count). The lowest BCUT2D eigenvalue weighted by molar-refractivity contribution is 0.976. The van der Waals surface area contributed by atoms with E-state index < -0.39 is 0 Å². The molecule has 0 aliphatic rings. The van der Waals surface area contributed by atoms with Gasteiger partial charge < -0.3 is 4.40 Å². The van der Waals surface area contributed by atoms with Gasteiger partial charge >= 0.3 is 0 Å². The first kappa shape index (κ1) is 27.0. The second-order valence-corrected chi connectivity index (χ2v) is 14.8. The molecule has 6 heteroatoms. The van der Waals surface area contributed by atoms with Crippen molar-refractivity contribution in [3.8, 4) is 11.8 Å². The molecule has 0 atom stereocenters. The van der Waals surface area contributed by atoms with Crippen LogP contribution in [0, 0.1) is 0 Å². The Morgan fingerprint density at radius 3 is 1.58 bits per heavy atom. The van der Waals surface area contributed by atoms with E-state index in [1.807, 2.05) is 0 Å².